The monoisotopic (exact) mass is 424 g/mol. The van der Waals surface area contributed by atoms with Gasteiger partial charge in [0.1, 0.15) is 5.69 Å². The summed E-state index contributed by atoms with van der Waals surface area (Å²) in [6.45, 7) is 8.23. The molecule has 0 radical (unpaired) electrons. The van der Waals surface area contributed by atoms with Crippen molar-refractivity contribution < 1.29 is 13.3 Å². The van der Waals surface area contributed by atoms with Crippen molar-refractivity contribution in [1.29, 1.82) is 0 Å². The van der Waals surface area contributed by atoms with E-state index in [0.29, 0.717) is 24.7 Å². The molecule has 1 N–H and O–H groups in total. The van der Waals surface area contributed by atoms with Crippen LogP contribution in [0.2, 0.25) is 0 Å². The molecule has 9 heteroatoms. The molecular formula is C20H32N4O4S. The number of likely N-dealkylation sites (tertiary alicyclic amines) is 1. The molecule has 3 rings (SSSR count). The Morgan fingerprint density at radius 2 is 1.79 bits per heavy atom. The molecule has 1 aromatic carbocycles. The molecule has 0 saturated carbocycles. The minimum Gasteiger partial charge on any atom is -0.377 e. The van der Waals surface area contributed by atoms with Crippen LogP contribution in [0.3, 0.4) is 0 Å². The maximum Gasteiger partial charge on any atom is 0.293 e. The Morgan fingerprint density at radius 3 is 2.38 bits per heavy atom. The molecule has 0 atom stereocenters. The van der Waals surface area contributed by atoms with Crippen molar-refractivity contribution in [3.8, 4) is 0 Å². The van der Waals surface area contributed by atoms with Crippen molar-refractivity contribution in [3.05, 3.63) is 28.3 Å². The quantitative estimate of drug-likeness (QED) is 0.533. The predicted octanol–water partition coefficient (Wildman–Crippen LogP) is 3.30. The Labute approximate surface area is 173 Å². The highest BCUT2D eigenvalue weighted by Gasteiger charge is 2.30. The van der Waals surface area contributed by atoms with Crippen LogP contribution in [0.1, 0.15) is 46.0 Å². The fraction of sp³-hybridized carbons (Fsp3) is 0.700. The first-order chi connectivity index (χ1) is 13.8. The summed E-state index contributed by atoms with van der Waals surface area (Å²) in [6, 6.07) is 4.42. The zero-order valence-corrected chi connectivity index (χ0v) is 18.2. The van der Waals surface area contributed by atoms with E-state index < -0.39 is 14.9 Å². The van der Waals surface area contributed by atoms with Crippen LogP contribution in [0, 0.1) is 16.0 Å². The van der Waals surface area contributed by atoms with Gasteiger partial charge >= 0.3 is 0 Å². The van der Waals surface area contributed by atoms with Gasteiger partial charge in [0.25, 0.3) is 5.69 Å². The van der Waals surface area contributed by atoms with Crippen LogP contribution in [-0.4, -0.2) is 61.3 Å². The number of nitrogens with one attached hydrogen (secondary N) is 1. The van der Waals surface area contributed by atoms with Gasteiger partial charge in [0.05, 0.1) is 9.82 Å². The van der Waals surface area contributed by atoms with Crippen molar-refractivity contribution in [1.82, 2.24) is 9.21 Å². The Balaban J connectivity index is 1.75. The van der Waals surface area contributed by atoms with Crippen molar-refractivity contribution in [2.45, 2.75) is 56.9 Å². The number of sulfonamides is 1. The highest BCUT2D eigenvalue weighted by molar-refractivity contribution is 7.89. The lowest BCUT2D eigenvalue weighted by molar-refractivity contribution is -0.384. The summed E-state index contributed by atoms with van der Waals surface area (Å²) in [4.78, 5) is 13.6. The van der Waals surface area contributed by atoms with Gasteiger partial charge in [-0.25, -0.2) is 8.42 Å². The number of hydrogen-bond acceptors (Lipinski definition) is 6. The molecule has 2 aliphatic rings. The number of piperidine rings is 2. The Morgan fingerprint density at radius 1 is 1.14 bits per heavy atom. The number of rotatable bonds is 7. The molecule has 0 aromatic heterocycles. The van der Waals surface area contributed by atoms with Crippen LogP contribution in [-0.2, 0) is 10.0 Å². The van der Waals surface area contributed by atoms with Gasteiger partial charge in [0.15, 0.2) is 0 Å². The standard InChI is InChI=1S/C20H32N4O4S/c1-3-10-22-11-8-17(9-12-22)21-19-5-4-18(15-20(19)24(25)26)29(27,28)23-13-6-16(2)7-14-23/h4-5,15-17,21H,3,6-14H2,1-2H3. The highest BCUT2D eigenvalue weighted by Crippen LogP contribution is 2.32. The zero-order valence-electron chi connectivity index (χ0n) is 17.3. The molecule has 162 valence electrons. The van der Waals surface area contributed by atoms with Crippen LogP contribution in [0.15, 0.2) is 23.1 Å². The van der Waals surface area contributed by atoms with Gasteiger partial charge in [-0.3, -0.25) is 10.1 Å². The predicted molar refractivity (Wildman–Crippen MR) is 114 cm³/mol. The smallest absolute Gasteiger partial charge is 0.293 e. The first-order valence-corrected chi connectivity index (χ1v) is 12.0. The SMILES string of the molecule is CCCN1CCC(Nc2ccc(S(=O)(=O)N3CCC(C)CC3)cc2[N+](=O)[O-])CC1. The summed E-state index contributed by atoms with van der Waals surface area (Å²) in [5.74, 6) is 0.506. The third-order valence-electron chi connectivity index (χ3n) is 6.03. The van der Waals surface area contributed by atoms with E-state index in [1.165, 1.54) is 16.4 Å². The molecule has 2 saturated heterocycles. The second-order valence-electron chi connectivity index (χ2n) is 8.28. The molecule has 0 amide bonds. The van der Waals surface area contributed by atoms with Gasteiger partial charge in [0.2, 0.25) is 10.0 Å². The lowest BCUT2D eigenvalue weighted by atomic mass is 10.0. The van der Waals surface area contributed by atoms with Crippen LogP contribution in [0.25, 0.3) is 0 Å². The lowest BCUT2D eigenvalue weighted by Gasteiger charge is -2.32. The van der Waals surface area contributed by atoms with Crippen LogP contribution in [0.5, 0.6) is 0 Å². The Bertz CT molecular complexity index is 814. The molecule has 0 unspecified atom stereocenters. The van der Waals surface area contributed by atoms with Gasteiger partial charge in [0, 0.05) is 38.3 Å². The van der Waals surface area contributed by atoms with Crippen molar-refractivity contribution in [2.75, 3.05) is 38.0 Å². The third kappa shape index (κ3) is 5.26. The fourth-order valence-corrected chi connectivity index (χ4v) is 5.65. The molecule has 0 bridgehead atoms. The van der Waals surface area contributed by atoms with E-state index in [0.717, 1.165) is 51.7 Å². The molecule has 1 aromatic rings. The molecule has 2 aliphatic heterocycles. The van der Waals surface area contributed by atoms with Crippen molar-refractivity contribution in [3.63, 3.8) is 0 Å². The zero-order chi connectivity index (χ0) is 21.0. The van der Waals surface area contributed by atoms with Gasteiger partial charge < -0.3 is 10.2 Å². The maximum absolute atomic E-state index is 12.9. The molecule has 2 fully saturated rings. The largest absolute Gasteiger partial charge is 0.377 e. The van der Waals surface area contributed by atoms with Gasteiger partial charge in [-0.15, -0.1) is 0 Å². The van der Waals surface area contributed by atoms with E-state index in [1.54, 1.807) is 6.07 Å². The summed E-state index contributed by atoms with van der Waals surface area (Å²) < 4.78 is 27.3. The van der Waals surface area contributed by atoms with E-state index >= 15 is 0 Å². The van der Waals surface area contributed by atoms with E-state index in [1.807, 2.05) is 0 Å². The average molecular weight is 425 g/mol. The second-order valence-corrected chi connectivity index (χ2v) is 10.2. The number of hydrogen-bond donors (Lipinski definition) is 1. The maximum atomic E-state index is 12.9. The lowest BCUT2D eigenvalue weighted by Crippen LogP contribution is -2.39. The second kappa shape index (κ2) is 9.40. The van der Waals surface area contributed by atoms with E-state index in [4.69, 9.17) is 0 Å². The first kappa shape index (κ1) is 22.0. The summed E-state index contributed by atoms with van der Waals surface area (Å²) >= 11 is 0. The molecule has 2 heterocycles. The molecule has 8 nitrogen and oxygen atoms in total. The average Bonchev–Trinajstić information content (AvgIpc) is 2.70. The summed E-state index contributed by atoms with van der Waals surface area (Å²) in [5.41, 5.74) is 0.225. The van der Waals surface area contributed by atoms with Gasteiger partial charge in [-0.05, 0) is 56.7 Å². The number of nitrogens with zero attached hydrogens (tertiary/aromatic N) is 3. The van der Waals surface area contributed by atoms with E-state index in [2.05, 4.69) is 24.1 Å². The number of benzene rings is 1. The Kier molecular flexibility index (Phi) is 7.13. The molecule has 29 heavy (non-hydrogen) atoms. The number of anilines is 1. The molecule has 0 aliphatic carbocycles. The third-order valence-corrected chi connectivity index (χ3v) is 7.93. The van der Waals surface area contributed by atoms with Crippen LogP contribution in [0.4, 0.5) is 11.4 Å². The van der Waals surface area contributed by atoms with Gasteiger partial charge in [-0.2, -0.15) is 4.31 Å². The van der Waals surface area contributed by atoms with Crippen molar-refractivity contribution >= 4 is 21.4 Å². The molecular weight excluding hydrogens is 392 g/mol. The minimum atomic E-state index is -3.71. The summed E-state index contributed by atoms with van der Waals surface area (Å²) in [6.07, 6.45) is 4.59. The topological polar surface area (TPSA) is 95.8 Å². The van der Waals surface area contributed by atoms with Crippen molar-refractivity contribution in [2.24, 2.45) is 5.92 Å². The van der Waals surface area contributed by atoms with E-state index in [-0.39, 0.29) is 16.6 Å². The number of nitro groups is 1. The summed E-state index contributed by atoms with van der Waals surface area (Å²) in [7, 11) is -3.71. The number of nitro benzene ring substituents is 1. The molecule has 0 spiro atoms. The highest BCUT2D eigenvalue weighted by atomic mass is 32.2. The first-order valence-electron chi connectivity index (χ1n) is 10.6. The summed E-state index contributed by atoms with van der Waals surface area (Å²) in [5, 5.41) is 14.9. The fourth-order valence-electron chi connectivity index (χ4n) is 4.16. The normalized spacial score (nSPS) is 20.6. The van der Waals surface area contributed by atoms with Gasteiger partial charge in [-0.1, -0.05) is 13.8 Å². The van der Waals surface area contributed by atoms with Crippen LogP contribution >= 0.6 is 0 Å². The Hall–Kier alpha value is -1.71. The minimum absolute atomic E-state index is 0.00191. The van der Waals surface area contributed by atoms with E-state index in [9.17, 15) is 18.5 Å². The van der Waals surface area contributed by atoms with Crippen LogP contribution < -0.4 is 5.32 Å².